The van der Waals surface area contributed by atoms with Crippen molar-refractivity contribution < 1.29 is 14.3 Å². The molecular formula is C11H11Br2NO3. The molecule has 0 aliphatic carbocycles. The number of hydrogen-bond donors (Lipinski definition) is 1. The van der Waals surface area contributed by atoms with Crippen molar-refractivity contribution in [3.05, 3.63) is 27.1 Å². The second-order valence-corrected chi connectivity index (χ2v) is 5.44. The monoisotopic (exact) mass is 363 g/mol. The Labute approximate surface area is 116 Å². The third kappa shape index (κ3) is 3.69. The largest absolute Gasteiger partial charge is 0.483 e. The van der Waals surface area contributed by atoms with Gasteiger partial charge in [0.25, 0.3) is 5.91 Å². The molecule has 1 fully saturated rings. The molecule has 1 aliphatic heterocycles. The molecule has 0 radical (unpaired) electrons. The topological polar surface area (TPSA) is 47.6 Å². The van der Waals surface area contributed by atoms with E-state index in [-0.39, 0.29) is 18.6 Å². The summed E-state index contributed by atoms with van der Waals surface area (Å²) in [5.74, 6) is 0.515. The molecule has 1 aromatic rings. The average molecular weight is 365 g/mol. The molecule has 0 bridgehead atoms. The van der Waals surface area contributed by atoms with Gasteiger partial charge >= 0.3 is 0 Å². The summed E-state index contributed by atoms with van der Waals surface area (Å²) in [6.07, 6.45) is 0. The van der Waals surface area contributed by atoms with Crippen molar-refractivity contribution in [3.63, 3.8) is 0 Å². The highest BCUT2D eigenvalue weighted by Gasteiger charge is 2.20. The van der Waals surface area contributed by atoms with Crippen molar-refractivity contribution >= 4 is 37.8 Å². The lowest BCUT2D eigenvalue weighted by atomic mass is 10.2. The summed E-state index contributed by atoms with van der Waals surface area (Å²) in [7, 11) is 0. The van der Waals surface area contributed by atoms with Gasteiger partial charge < -0.3 is 14.8 Å². The van der Waals surface area contributed by atoms with Gasteiger partial charge in [-0.25, -0.2) is 0 Å². The van der Waals surface area contributed by atoms with Crippen LogP contribution in [-0.4, -0.2) is 31.8 Å². The van der Waals surface area contributed by atoms with Crippen molar-refractivity contribution in [1.29, 1.82) is 0 Å². The van der Waals surface area contributed by atoms with E-state index in [0.717, 1.165) is 8.95 Å². The molecule has 0 atom stereocenters. The zero-order valence-electron chi connectivity index (χ0n) is 8.91. The number of hydrogen-bond acceptors (Lipinski definition) is 3. The first kappa shape index (κ1) is 12.9. The zero-order valence-corrected chi connectivity index (χ0v) is 12.1. The van der Waals surface area contributed by atoms with Gasteiger partial charge in [-0.2, -0.15) is 0 Å². The van der Waals surface area contributed by atoms with E-state index in [1.807, 2.05) is 12.1 Å². The van der Waals surface area contributed by atoms with Gasteiger partial charge in [0.05, 0.1) is 23.7 Å². The number of carbonyl (C=O) groups is 1. The molecule has 0 unspecified atom stereocenters. The molecule has 1 aromatic carbocycles. The van der Waals surface area contributed by atoms with Gasteiger partial charge in [-0.1, -0.05) is 15.9 Å². The molecule has 92 valence electrons. The molecule has 1 saturated heterocycles. The highest BCUT2D eigenvalue weighted by Crippen LogP contribution is 2.28. The Morgan fingerprint density at radius 1 is 1.47 bits per heavy atom. The van der Waals surface area contributed by atoms with Crippen LogP contribution in [0.2, 0.25) is 0 Å². The van der Waals surface area contributed by atoms with Crippen molar-refractivity contribution in [2.45, 2.75) is 6.04 Å². The summed E-state index contributed by atoms with van der Waals surface area (Å²) in [5.41, 5.74) is 0. The predicted molar refractivity (Wildman–Crippen MR) is 70.1 cm³/mol. The molecule has 1 amide bonds. The van der Waals surface area contributed by atoms with Gasteiger partial charge in [0, 0.05) is 4.47 Å². The van der Waals surface area contributed by atoms with E-state index in [9.17, 15) is 4.79 Å². The van der Waals surface area contributed by atoms with E-state index in [0.29, 0.717) is 19.0 Å². The molecule has 4 nitrogen and oxygen atoms in total. The van der Waals surface area contributed by atoms with Gasteiger partial charge in [0.15, 0.2) is 6.61 Å². The van der Waals surface area contributed by atoms with Gasteiger partial charge in [0.2, 0.25) is 0 Å². The Balaban J connectivity index is 1.82. The lowest BCUT2D eigenvalue weighted by molar-refractivity contribution is -0.127. The van der Waals surface area contributed by atoms with Crippen molar-refractivity contribution in [1.82, 2.24) is 5.32 Å². The normalized spacial score (nSPS) is 15.2. The fourth-order valence-corrected chi connectivity index (χ4v) is 2.49. The summed E-state index contributed by atoms with van der Waals surface area (Å²) in [6, 6.07) is 5.66. The molecule has 1 heterocycles. The fraction of sp³-hybridized carbons (Fsp3) is 0.364. The summed E-state index contributed by atoms with van der Waals surface area (Å²) in [5, 5.41) is 2.80. The van der Waals surface area contributed by atoms with E-state index in [4.69, 9.17) is 9.47 Å². The van der Waals surface area contributed by atoms with Crippen LogP contribution in [0.1, 0.15) is 0 Å². The van der Waals surface area contributed by atoms with Crippen LogP contribution in [0.4, 0.5) is 0 Å². The van der Waals surface area contributed by atoms with E-state index in [1.165, 1.54) is 0 Å². The SMILES string of the molecule is O=C(COc1ccc(Br)cc1Br)NC1COC1. The Hall–Kier alpha value is -0.590. The number of rotatable bonds is 4. The van der Waals surface area contributed by atoms with Crippen LogP contribution >= 0.6 is 31.9 Å². The zero-order chi connectivity index (χ0) is 12.3. The highest BCUT2D eigenvalue weighted by molar-refractivity contribution is 9.11. The van der Waals surface area contributed by atoms with Crippen LogP contribution in [0.15, 0.2) is 27.1 Å². The molecule has 2 rings (SSSR count). The van der Waals surface area contributed by atoms with Crippen LogP contribution < -0.4 is 10.1 Å². The second-order valence-electron chi connectivity index (χ2n) is 3.67. The first-order valence-corrected chi connectivity index (χ1v) is 6.68. The first-order valence-electron chi connectivity index (χ1n) is 5.10. The number of nitrogens with one attached hydrogen (secondary N) is 1. The molecule has 0 spiro atoms. The maximum absolute atomic E-state index is 11.5. The molecule has 0 aromatic heterocycles. The molecule has 17 heavy (non-hydrogen) atoms. The molecule has 1 N–H and O–H groups in total. The minimum Gasteiger partial charge on any atom is -0.483 e. The number of ether oxygens (including phenoxy) is 2. The van der Waals surface area contributed by atoms with Crippen LogP contribution in [0.3, 0.4) is 0 Å². The quantitative estimate of drug-likeness (QED) is 0.890. The Bertz CT molecular complexity index is 421. The fourth-order valence-electron chi connectivity index (χ4n) is 1.32. The Morgan fingerprint density at radius 3 is 2.82 bits per heavy atom. The number of carbonyl (C=O) groups excluding carboxylic acids is 1. The van der Waals surface area contributed by atoms with E-state index in [1.54, 1.807) is 6.07 Å². The Morgan fingerprint density at radius 2 is 2.24 bits per heavy atom. The predicted octanol–water partition coefficient (Wildman–Crippen LogP) is 2.11. The van der Waals surface area contributed by atoms with Crippen molar-refractivity contribution in [2.75, 3.05) is 19.8 Å². The number of amides is 1. The third-order valence-corrected chi connectivity index (χ3v) is 3.37. The third-order valence-electron chi connectivity index (χ3n) is 2.26. The average Bonchev–Trinajstić information content (AvgIpc) is 2.22. The maximum Gasteiger partial charge on any atom is 0.258 e. The van der Waals surface area contributed by atoms with Crippen molar-refractivity contribution in [2.24, 2.45) is 0 Å². The summed E-state index contributed by atoms with van der Waals surface area (Å²) in [4.78, 5) is 11.5. The van der Waals surface area contributed by atoms with Gasteiger partial charge in [-0.3, -0.25) is 4.79 Å². The molecule has 1 aliphatic rings. The highest BCUT2D eigenvalue weighted by atomic mass is 79.9. The van der Waals surface area contributed by atoms with E-state index >= 15 is 0 Å². The molecule has 0 saturated carbocycles. The van der Waals surface area contributed by atoms with Crippen LogP contribution in [0, 0.1) is 0 Å². The smallest absolute Gasteiger partial charge is 0.258 e. The Kier molecular flexibility index (Phi) is 4.42. The number of halogens is 2. The standard InChI is InChI=1S/C11H11Br2NO3/c12-7-1-2-10(9(13)3-7)17-6-11(15)14-8-4-16-5-8/h1-3,8H,4-6H2,(H,14,15). The van der Waals surface area contributed by atoms with E-state index < -0.39 is 0 Å². The summed E-state index contributed by atoms with van der Waals surface area (Å²) in [6.45, 7) is 1.19. The van der Waals surface area contributed by atoms with Crippen molar-refractivity contribution in [3.8, 4) is 5.75 Å². The van der Waals surface area contributed by atoms with Crippen LogP contribution in [0.25, 0.3) is 0 Å². The van der Waals surface area contributed by atoms with Gasteiger partial charge in [0.1, 0.15) is 5.75 Å². The first-order chi connectivity index (χ1) is 8.15. The molecular weight excluding hydrogens is 354 g/mol. The van der Waals surface area contributed by atoms with Gasteiger partial charge in [-0.05, 0) is 34.1 Å². The minimum atomic E-state index is -0.131. The minimum absolute atomic E-state index is 0.0106. The maximum atomic E-state index is 11.5. The van der Waals surface area contributed by atoms with Crippen LogP contribution in [-0.2, 0) is 9.53 Å². The molecule has 6 heteroatoms. The van der Waals surface area contributed by atoms with Gasteiger partial charge in [-0.15, -0.1) is 0 Å². The lowest BCUT2D eigenvalue weighted by Gasteiger charge is -2.26. The lowest BCUT2D eigenvalue weighted by Crippen LogP contribution is -2.49. The van der Waals surface area contributed by atoms with Crippen LogP contribution in [0.5, 0.6) is 5.75 Å². The second kappa shape index (κ2) is 5.84. The number of benzene rings is 1. The summed E-state index contributed by atoms with van der Waals surface area (Å²) < 4.78 is 12.1. The van der Waals surface area contributed by atoms with E-state index in [2.05, 4.69) is 37.2 Å². The summed E-state index contributed by atoms with van der Waals surface area (Å²) >= 11 is 6.71.